The lowest BCUT2D eigenvalue weighted by molar-refractivity contribution is 0.0601. The summed E-state index contributed by atoms with van der Waals surface area (Å²) in [4.78, 5) is 17.5. The molecule has 0 saturated carbocycles. The van der Waals surface area contributed by atoms with Crippen LogP contribution in [0, 0.1) is 13.8 Å². The minimum Gasteiger partial charge on any atom is -0.465 e. The van der Waals surface area contributed by atoms with Gasteiger partial charge >= 0.3 is 5.97 Å². The van der Waals surface area contributed by atoms with Gasteiger partial charge in [0, 0.05) is 4.88 Å². The van der Waals surface area contributed by atoms with Gasteiger partial charge in [-0.05, 0) is 49.2 Å². The molecular formula is C20H23N5O2S2. The molecule has 1 aromatic carbocycles. The minimum absolute atomic E-state index is 0.313. The molecule has 7 nitrogen and oxygen atoms in total. The molecule has 0 unspecified atom stereocenters. The van der Waals surface area contributed by atoms with Gasteiger partial charge in [0.15, 0.2) is 5.11 Å². The highest BCUT2D eigenvalue weighted by atomic mass is 32.1. The number of hydrogen-bond acceptors (Lipinski definition) is 6. The summed E-state index contributed by atoms with van der Waals surface area (Å²) in [5.74, 6) is 0.0110. The van der Waals surface area contributed by atoms with Crippen molar-refractivity contribution in [3.05, 3.63) is 57.7 Å². The maximum absolute atomic E-state index is 12.2. The minimum atomic E-state index is -0.378. The van der Waals surface area contributed by atoms with Gasteiger partial charge in [-0.15, -0.1) is 16.4 Å². The van der Waals surface area contributed by atoms with Crippen molar-refractivity contribution >= 4 is 45.6 Å². The standard InChI is InChI=1S/C20H23N5O2S2/c1-5-15-13(3)29-17(16(15)18(26)27-4)22-20(28)23-19-21-11-25(24-19)10-14-9-7-6-8-12(14)2/h6-9,11H,5,10H2,1-4H3,(H2,22,23,24,28). The van der Waals surface area contributed by atoms with Crippen LogP contribution in [0.1, 0.15) is 38.8 Å². The number of ether oxygens (including phenoxy) is 1. The van der Waals surface area contributed by atoms with E-state index in [0.29, 0.717) is 28.2 Å². The predicted octanol–water partition coefficient (Wildman–Crippen LogP) is 4.16. The molecule has 152 valence electrons. The van der Waals surface area contributed by atoms with Gasteiger partial charge in [0.05, 0.1) is 19.2 Å². The van der Waals surface area contributed by atoms with Crippen LogP contribution < -0.4 is 10.6 Å². The van der Waals surface area contributed by atoms with Gasteiger partial charge in [-0.3, -0.25) is 5.32 Å². The van der Waals surface area contributed by atoms with Gasteiger partial charge in [0.2, 0.25) is 5.95 Å². The van der Waals surface area contributed by atoms with Crippen LogP contribution in [0.15, 0.2) is 30.6 Å². The van der Waals surface area contributed by atoms with Crippen molar-refractivity contribution in [1.29, 1.82) is 0 Å². The number of aryl methyl sites for hydroxylation is 2. The average Bonchev–Trinajstić information content (AvgIpc) is 3.26. The van der Waals surface area contributed by atoms with Crippen LogP contribution in [0.5, 0.6) is 0 Å². The van der Waals surface area contributed by atoms with Crippen LogP contribution in [-0.2, 0) is 17.7 Å². The fraction of sp³-hybridized carbons (Fsp3) is 0.300. The van der Waals surface area contributed by atoms with Crippen molar-refractivity contribution in [1.82, 2.24) is 14.8 Å². The summed E-state index contributed by atoms with van der Waals surface area (Å²) >= 11 is 6.86. The Morgan fingerprint density at radius 3 is 2.72 bits per heavy atom. The van der Waals surface area contributed by atoms with Crippen LogP contribution >= 0.6 is 23.6 Å². The van der Waals surface area contributed by atoms with Crippen LogP contribution in [0.4, 0.5) is 10.9 Å². The van der Waals surface area contributed by atoms with E-state index in [9.17, 15) is 4.79 Å². The van der Waals surface area contributed by atoms with E-state index in [1.54, 1.807) is 11.0 Å². The lowest BCUT2D eigenvalue weighted by Crippen LogP contribution is -2.21. The number of benzene rings is 1. The number of nitrogens with one attached hydrogen (secondary N) is 2. The third-order valence-electron chi connectivity index (χ3n) is 4.53. The van der Waals surface area contributed by atoms with E-state index in [2.05, 4.69) is 39.8 Å². The van der Waals surface area contributed by atoms with Crippen molar-refractivity contribution < 1.29 is 9.53 Å². The molecule has 29 heavy (non-hydrogen) atoms. The van der Waals surface area contributed by atoms with Gasteiger partial charge in [0.1, 0.15) is 11.3 Å². The number of aromatic nitrogens is 3. The van der Waals surface area contributed by atoms with Crippen molar-refractivity contribution in [2.75, 3.05) is 17.7 Å². The summed E-state index contributed by atoms with van der Waals surface area (Å²) in [6.07, 6.45) is 2.39. The molecule has 2 N–H and O–H groups in total. The quantitative estimate of drug-likeness (QED) is 0.450. The smallest absolute Gasteiger partial charge is 0.341 e. The number of thiocarbonyl (C=S) groups is 1. The van der Waals surface area contributed by atoms with Gasteiger partial charge in [-0.1, -0.05) is 31.2 Å². The Hall–Kier alpha value is -2.78. The summed E-state index contributed by atoms with van der Waals surface area (Å²) < 4.78 is 6.69. The molecule has 3 rings (SSSR count). The normalized spacial score (nSPS) is 10.6. The summed E-state index contributed by atoms with van der Waals surface area (Å²) in [5.41, 5.74) is 3.87. The van der Waals surface area contributed by atoms with Crippen molar-refractivity contribution in [2.45, 2.75) is 33.7 Å². The molecule has 0 spiro atoms. The lowest BCUT2D eigenvalue weighted by atomic mass is 10.1. The lowest BCUT2D eigenvalue weighted by Gasteiger charge is -2.09. The zero-order valence-electron chi connectivity index (χ0n) is 16.8. The Morgan fingerprint density at radius 1 is 1.28 bits per heavy atom. The molecule has 9 heteroatoms. The SMILES string of the molecule is CCc1c(C)sc(NC(=S)Nc2ncn(Cc3ccccc3C)n2)c1C(=O)OC. The van der Waals surface area contributed by atoms with Crippen molar-refractivity contribution in [2.24, 2.45) is 0 Å². The number of methoxy groups -OCH3 is 1. The Balaban J connectivity index is 1.70. The Kier molecular flexibility index (Phi) is 6.60. The van der Waals surface area contributed by atoms with Gasteiger partial charge < -0.3 is 10.1 Å². The van der Waals surface area contributed by atoms with E-state index >= 15 is 0 Å². The first-order chi connectivity index (χ1) is 13.9. The number of hydrogen-bond donors (Lipinski definition) is 2. The number of nitrogens with zero attached hydrogens (tertiary/aromatic N) is 3. The predicted molar refractivity (Wildman–Crippen MR) is 120 cm³/mol. The molecule has 3 aromatic rings. The number of anilines is 2. The summed E-state index contributed by atoms with van der Waals surface area (Å²) in [6.45, 7) is 6.67. The second-order valence-electron chi connectivity index (χ2n) is 6.46. The molecular weight excluding hydrogens is 406 g/mol. The van der Waals surface area contributed by atoms with Crippen LogP contribution in [0.3, 0.4) is 0 Å². The average molecular weight is 430 g/mol. The van der Waals surface area contributed by atoms with E-state index in [0.717, 1.165) is 16.9 Å². The third kappa shape index (κ3) is 4.80. The second kappa shape index (κ2) is 9.15. The van der Waals surface area contributed by atoms with Gasteiger partial charge in [-0.25, -0.2) is 14.5 Å². The highest BCUT2D eigenvalue weighted by molar-refractivity contribution is 7.80. The molecule has 2 heterocycles. The number of carbonyl (C=O) groups is 1. The van der Waals surface area contributed by atoms with E-state index in [4.69, 9.17) is 17.0 Å². The monoisotopic (exact) mass is 429 g/mol. The molecule has 0 atom stereocenters. The van der Waals surface area contributed by atoms with Crippen LogP contribution in [0.2, 0.25) is 0 Å². The number of rotatable bonds is 6. The first-order valence-corrected chi connectivity index (χ1v) is 10.4. The molecule has 2 aromatic heterocycles. The van der Waals surface area contributed by atoms with Gasteiger partial charge in [-0.2, -0.15) is 0 Å². The molecule has 0 aliphatic heterocycles. The Labute approximate surface area is 179 Å². The third-order valence-corrected chi connectivity index (χ3v) is 5.80. The van der Waals surface area contributed by atoms with E-state index in [1.165, 1.54) is 29.6 Å². The first-order valence-electron chi connectivity index (χ1n) is 9.15. The maximum Gasteiger partial charge on any atom is 0.341 e. The highest BCUT2D eigenvalue weighted by Crippen LogP contribution is 2.34. The first kappa shape index (κ1) is 20.9. The van der Waals surface area contributed by atoms with E-state index in [-0.39, 0.29) is 5.97 Å². The highest BCUT2D eigenvalue weighted by Gasteiger charge is 2.22. The summed E-state index contributed by atoms with van der Waals surface area (Å²) in [6, 6.07) is 8.14. The fourth-order valence-corrected chi connectivity index (χ4v) is 4.43. The molecule has 0 aliphatic carbocycles. The zero-order chi connectivity index (χ0) is 21.0. The van der Waals surface area contributed by atoms with Crippen LogP contribution in [-0.4, -0.2) is 33.0 Å². The molecule has 0 saturated heterocycles. The molecule has 0 amide bonds. The largest absolute Gasteiger partial charge is 0.465 e. The second-order valence-corrected chi connectivity index (χ2v) is 8.09. The van der Waals surface area contributed by atoms with Crippen molar-refractivity contribution in [3.63, 3.8) is 0 Å². The molecule has 0 fully saturated rings. The summed E-state index contributed by atoms with van der Waals surface area (Å²) in [7, 11) is 1.38. The molecule has 0 bridgehead atoms. The number of esters is 1. The zero-order valence-corrected chi connectivity index (χ0v) is 18.4. The molecule has 0 aliphatic rings. The fourth-order valence-electron chi connectivity index (χ4n) is 3.04. The molecule has 0 radical (unpaired) electrons. The topological polar surface area (TPSA) is 81.1 Å². The number of thiophene rings is 1. The van der Waals surface area contributed by atoms with E-state index in [1.807, 2.05) is 26.0 Å². The summed E-state index contributed by atoms with van der Waals surface area (Å²) in [5, 5.41) is 11.4. The Morgan fingerprint density at radius 2 is 2.03 bits per heavy atom. The van der Waals surface area contributed by atoms with E-state index < -0.39 is 0 Å². The Bertz CT molecular complexity index is 1040. The number of carbonyl (C=O) groups excluding carboxylic acids is 1. The van der Waals surface area contributed by atoms with Gasteiger partial charge in [0.25, 0.3) is 0 Å². The van der Waals surface area contributed by atoms with Crippen LogP contribution in [0.25, 0.3) is 0 Å². The maximum atomic E-state index is 12.2. The van der Waals surface area contributed by atoms with Crippen molar-refractivity contribution in [3.8, 4) is 0 Å².